The van der Waals surface area contributed by atoms with Crippen LogP contribution in [-0.4, -0.2) is 23.3 Å². The quantitative estimate of drug-likeness (QED) is 0.647. The fourth-order valence-electron chi connectivity index (χ4n) is 2.95. The Morgan fingerprint density at radius 3 is 2.65 bits per heavy atom. The van der Waals surface area contributed by atoms with Crippen LogP contribution in [0.15, 0.2) is 29.9 Å². The summed E-state index contributed by atoms with van der Waals surface area (Å²) in [5.41, 5.74) is 1.60. The number of allylic oxidation sites excluding steroid dienone is 5. The first-order valence-electron chi connectivity index (χ1n) is 8.75. The first-order chi connectivity index (χ1) is 12.4. The van der Waals surface area contributed by atoms with Crippen molar-refractivity contribution in [2.75, 3.05) is 7.11 Å². The summed E-state index contributed by atoms with van der Waals surface area (Å²) in [6.07, 6.45) is 12.6. The fraction of sp³-hybridized carbons (Fsp3) is 0.381. The van der Waals surface area contributed by atoms with Crippen molar-refractivity contribution in [3.63, 3.8) is 0 Å². The summed E-state index contributed by atoms with van der Waals surface area (Å²) < 4.78 is 5.41. The van der Waals surface area contributed by atoms with E-state index in [9.17, 15) is 15.0 Å². The van der Waals surface area contributed by atoms with Gasteiger partial charge in [-0.3, -0.25) is 0 Å². The van der Waals surface area contributed by atoms with Crippen molar-refractivity contribution in [3.8, 4) is 11.5 Å². The summed E-state index contributed by atoms with van der Waals surface area (Å²) >= 11 is 6.48. The second kappa shape index (κ2) is 8.95. The molecule has 0 atom stereocenters. The molecule has 0 unspecified atom stereocenters. The lowest BCUT2D eigenvalue weighted by atomic mass is 9.94. The lowest BCUT2D eigenvalue weighted by molar-refractivity contribution is 0.0693. The van der Waals surface area contributed by atoms with Gasteiger partial charge in [0.15, 0.2) is 0 Å². The summed E-state index contributed by atoms with van der Waals surface area (Å²) in [6.45, 7) is 4.12. The lowest BCUT2D eigenvalue weighted by Gasteiger charge is -2.18. The van der Waals surface area contributed by atoms with Gasteiger partial charge in [0, 0.05) is 11.1 Å². The average molecular weight is 377 g/mol. The van der Waals surface area contributed by atoms with E-state index in [4.69, 9.17) is 16.3 Å². The SMILES string of the molecule is COc1c(Cl)c(C=CC2=CC=CCC2)c(C(=O)O)c(O)c1CCC(C)C. The normalized spacial score (nSPS) is 14.1. The van der Waals surface area contributed by atoms with Crippen LogP contribution >= 0.6 is 11.6 Å². The molecular weight excluding hydrogens is 352 g/mol. The van der Waals surface area contributed by atoms with E-state index < -0.39 is 5.97 Å². The molecule has 0 heterocycles. The van der Waals surface area contributed by atoms with Gasteiger partial charge in [-0.25, -0.2) is 4.79 Å². The van der Waals surface area contributed by atoms with Crippen LogP contribution in [0.2, 0.25) is 5.02 Å². The lowest BCUT2D eigenvalue weighted by Crippen LogP contribution is -2.07. The molecule has 1 aliphatic carbocycles. The number of hydrogen-bond acceptors (Lipinski definition) is 3. The largest absolute Gasteiger partial charge is 0.507 e. The average Bonchev–Trinajstić information content (AvgIpc) is 2.60. The first kappa shape index (κ1) is 20.1. The van der Waals surface area contributed by atoms with Crippen molar-refractivity contribution in [3.05, 3.63) is 51.6 Å². The maximum absolute atomic E-state index is 11.8. The van der Waals surface area contributed by atoms with Gasteiger partial charge in [-0.1, -0.05) is 55.8 Å². The highest BCUT2D eigenvalue weighted by Crippen LogP contribution is 2.43. The minimum absolute atomic E-state index is 0.183. The number of aromatic carboxylic acids is 1. The number of methoxy groups -OCH3 is 1. The van der Waals surface area contributed by atoms with E-state index in [1.54, 1.807) is 6.08 Å². The summed E-state index contributed by atoms with van der Waals surface area (Å²) in [7, 11) is 1.47. The zero-order chi connectivity index (χ0) is 19.3. The number of carbonyl (C=O) groups is 1. The zero-order valence-corrected chi connectivity index (χ0v) is 16.1. The number of phenols is 1. The van der Waals surface area contributed by atoms with Crippen LogP contribution in [0.4, 0.5) is 0 Å². The third-order valence-electron chi connectivity index (χ3n) is 4.40. The smallest absolute Gasteiger partial charge is 0.340 e. The fourth-order valence-corrected chi connectivity index (χ4v) is 3.30. The molecule has 2 N–H and O–H groups in total. The summed E-state index contributed by atoms with van der Waals surface area (Å²) in [4.78, 5) is 11.8. The molecule has 0 fully saturated rings. The molecule has 0 saturated carbocycles. The van der Waals surface area contributed by atoms with Crippen molar-refractivity contribution in [2.24, 2.45) is 5.92 Å². The summed E-state index contributed by atoms with van der Waals surface area (Å²) in [5.74, 6) is -0.740. The topological polar surface area (TPSA) is 66.8 Å². The number of carboxylic acids is 1. The molecule has 1 aliphatic rings. The van der Waals surface area contributed by atoms with Gasteiger partial charge in [0.2, 0.25) is 0 Å². The van der Waals surface area contributed by atoms with Crippen molar-refractivity contribution in [1.29, 1.82) is 0 Å². The number of halogens is 1. The number of aromatic hydroxyl groups is 1. The Hall–Kier alpha value is -2.20. The van der Waals surface area contributed by atoms with E-state index >= 15 is 0 Å². The van der Waals surface area contributed by atoms with Crippen molar-refractivity contribution in [2.45, 2.75) is 39.5 Å². The molecule has 4 nitrogen and oxygen atoms in total. The second-order valence-electron chi connectivity index (χ2n) is 6.74. The summed E-state index contributed by atoms with van der Waals surface area (Å²) in [5, 5.41) is 20.5. The predicted molar refractivity (Wildman–Crippen MR) is 105 cm³/mol. The van der Waals surface area contributed by atoms with Gasteiger partial charge < -0.3 is 14.9 Å². The molecule has 1 aromatic rings. The van der Waals surface area contributed by atoms with Crippen LogP contribution in [0.25, 0.3) is 6.08 Å². The Morgan fingerprint density at radius 2 is 2.12 bits per heavy atom. The molecule has 0 aromatic heterocycles. The van der Waals surface area contributed by atoms with Gasteiger partial charge in [-0.15, -0.1) is 0 Å². The van der Waals surface area contributed by atoms with Crippen LogP contribution in [0, 0.1) is 5.92 Å². The molecule has 5 heteroatoms. The molecule has 2 rings (SSSR count). The second-order valence-corrected chi connectivity index (χ2v) is 7.12. The highest BCUT2D eigenvalue weighted by atomic mass is 35.5. The Morgan fingerprint density at radius 1 is 1.38 bits per heavy atom. The van der Waals surface area contributed by atoms with E-state index in [-0.39, 0.29) is 21.9 Å². The van der Waals surface area contributed by atoms with E-state index in [1.165, 1.54) is 7.11 Å². The van der Waals surface area contributed by atoms with Crippen molar-refractivity contribution >= 4 is 23.6 Å². The van der Waals surface area contributed by atoms with Crippen LogP contribution in [-0.2, 0) is 6.42 Å². The van der Waals surface area contributed by atoms with Gasteiger partial charge in [0.05, 0.1) is 12.1 Å². The number of hydrogen-bond donors (Lipinski definition) is 2. The van der Waals surface area contributed by atoms with Gasteiger partial charge in [0.25, 0.3) is 0 Å². The Labute approximate surface area is 159 Å². The number of rotatable bonds is 7. The third kappa shape index (κ3) is 4.50. The number of benzene rings is 1. The van der Waals surface area contributed by atoms with Gasteiger partial charge >= 0.3 is 5.97 Å². The minimum atomic E-state index is -1.21. The Kier molecular flexibility index (Phi) is 6.92. The Balaban J connectivity index is 2.58. The van der Waals surface area contributed by atoms with Crippen molar-refractivity contribution in [1.82, 2.24) is 0 Å². The van der Waals surface area contributed by atoms with Crippen molar-refractivity contribution < 1.29 is 19.7 Å². The molecule has 1 aromatic carbocycles. The maximum atomic E-state index is 11.8. The van der Waals surface area contributed by atoms with E-state index in [0.717, 1.165) is 24.8 Å². The molecule has 0 saturated heterocycles. The van der Waals surface area contributed by atoms with Crippen LogP contribution < -0.4 is 4.74 Å². The van der Waals surface area contributed by atoms with Gasteiger partial charge in [0.1, 0.15) is 17.1 Å². The first-order valence-corrected chi connectivity index (χ1v) is 9.12. The molecule has 0 spiro atoms. The molecule has 0 amide bonds. The van der Waals surface area contributed by atoms with Gasteiger partial charge in [-0.2, -0.15) is 0 Å². The molecule has 140 valence electrons. The third-order valence-corrected chi connectivity index (χ3v) is 4.78. The van der Waals surface area contributed by atoms with E-state index in [1.807, 2.05) is 18.2 Å². The molecule has 26 heavy (non-hydrogen) atoms. The minimum Gasteiger partial charge on any atom is -0.507 e. The zero-order valence-electron chi connectivity index (χ0n) is 15.4. The highest BCUT2D eigenvalue weighted by Gasteiger charge is 2.26. The monoisotopic (exact) mass is 376 g/mol. The van der Waals surface area contributed by atoms with Crippen LogP contribution in [0.3, 0.4) is 0 Å². The number of ether oxygens (including phenoxy) is 1. The number of carboxylic acid groups (broad SMARTS) is 1. The van der Waals surface area contributed by atoms with Crippen LogP contribution in [0.1, 0.15) is 54.6 Å². The molecular formula is C21H25ClO4. The molecule has 0 aliphatic heterocycles. The molecule has 0 bridgehead atoms. The van der Waals surface area contributed by atoms with Crippen LogP contribution in [0.5, 0.6) is 11.5 Å². The maximum Gasteiger partial charge on any atom is 0.340 e. The Bertz CT molecular complexity index is 773. The van der Waals surface area contributed by atoms with Gasteiger partial charge in [-0.05, 0) is 37.2 Å². The highest BCUT2D eigenvalue weighted by molar-refractivity contribution is 6.34. The molecule has 0 radical (unpaired) electrons. The summed E-state index contributed by atoms with van der Waals surface area (Å²) in [6, 6.07) is 0. The van der Waals surface area contributed by atoms with E-state index in [2.05, 4.69) is 19.9 Å². The standard InChI is InChI=1S/C21H25ClO4/c1-13(2)9-11-16-19(23)17(21(24)25)15(18(22)20(16)26-3)12-10-14-7-5-4-6-8-14/h4-5,7,10,12-13,23H,6,8-9,11H2,1-3H3,(H,24,25). The van der Waals surface area contributed by atoms with E-state index in [0.29, 0.717) is 23.7 Å². The predicted octanol–water partition coefficient (Wildman–Crippen LogP) is 5.63.